The highest BCUT2D eigenvalue weighted by Crippen LogP contribution is 2.28. The number of nitrogens with zero attached hydrogens (tertiary/aromatic N) is 1. The number of ether oxygens (including phenoxy) is 2. The van der Waals surface area contributed by atoms with E-state index < -0.39 is 5.91 Å². The van der Waals surface area contributed by atoms with E-state index in [4.69, 9.17) is 15.2 Å². The average Bonchev–Trinajstić information content (AvgIpc) is 2.61. The lowest BCUT2D eigenvalue weighted by Crippen LogP contribution is -2.14. The van der Waals surface area contributed by atoms with Gasteiger partial charge < -0.3 is 20.5 Å². The molecule has 122 valence electrons. The first-order valence-electron chi connectivity index (χ1n) is 7.08. The summed E-state index contributed by atoms with van der Waals surface area (Å²) in [5.41, 5.74) is 7.25. The van der Waals surface area contributed by atoms with Gasteiger partial charge in [0.25, 0.3) is 5.91 Å². The van der Waals surface area contributed by atoms with E-state index in [9.17, 15) is 10.1 Å². The number of hydrogen-bond acceptors (Lipinski definition) is 5. The van der Waals surface area contributed by atoms with Crippen LogP contribution in [0.2, 0.25) is 0 Å². The fourth-order valence-electron chi connectivity index (χ4n) is 2.06. The predicted octanol–water partition coefficient (Wildman–Crippen LogP) is 2.83. The second-order valence-corrected chi connectivity index (χ2v) is 4.83. The van der Waals surface area contributed by atoms with Crippen LogP contribution in [0, 0.1) is 11.3 Å². The van der Waals surface area contributed by atoms with Crippen molar-refractivity contribution in [1.29, 1.82) is 5.26 Å². The van der Waals surface area contributed by atoms with E-state index >= 15 is 0 Å². The molecule has 2 rings (SSSR count). The maximum Gasteiger partial charge on any atom is 0.266 e. The first-order chi connectivity index (χ1) is 11.6. The smallest absolute Gasteiger partial charge is 0.266 e. The van der Waals surface area contributed by atoms with Crippen LogP contribution < -0.4 is 20.5 Å². The van der Waals surface area contributed by atoms with Crippen molar-refractivity contribution < 1.29 is 14.3 Å². The molecular formula is C18H17N3O3. The van der Waals surface area contributed by atoms with Crippen molar-refractivity contribution in [2.45, 2.75) is 0 Å². The highest BCUT2D eigenvalue weighted by atomic mass is 16.5. The van der Waals surface area contributed by atoms with Crippen molar-refractivity contribution in [3.63, 3.8) is 0 Å². The van der Waals surface area contributed by atoms with Crippen LogP contribution in [-0.4, -0.2) is 20.1 Å². The van der Waals surface area contributed by atoms with Gasteiger partial charge in [-0.1, -0.05) is 18.2 Å². The number of carbonyl (C=O) groups is 1. The van der Waals surface area contributed by atoms with E-state index in [-0.39, 0.29) is 5.57 Å². The van der Waals surface area contributed by atoms with Gasteiger partial charge in [0.15, 0.2) is 11.5 Å². The molecule has 3 N–H and O–H groups in total. The number of anilines is 2. The Morgan fingerprint density at radius 1 is 1.17 bits per heavy atom. The molecule has 0 aromatic heterocycles. The lowest BCUT2D eigenvalue weighted by molar-refractivity contribution is -0.112. The summed E-state index contributed by atoms with van der Waals surface area (Å²) in [6.45, 7) is 0. The number of para-hydroxylation sites is 2. The van der Waals surface area contributed by atoms with E-state index in [1.165, 1.54) is 20.3 Å². The maximum atomic E-state index is 12.3. The number of nitrogen functional groups attached to an aromatic ring is 1. The van der Waals surface area contributed by atoms with Crippen LogP contribution >= 0.6 is 0 Å². The van der Waals surface area contributed by atoms with Crippen molar-refractivity contribution in [1.82, 2.24) is 0 Å². The molecular weight excluding hydrogens is 306 g/mol. The second kappa shape index (κ2) is 7.70. The molecule has 0 fully saturated rings. The van der Waals surface area contributed by atoms with Gasteiger partial charge in [0.2, 0.25) is 0 Å². The van der Waals surface area contributed by atoms with Crippen molar-refractivity contribution in [2.75, 3.05) is 25.3 Å². The fraction of sp³-hybridized carbons (Fsp3) is 0.111. The van der Waals surface area contributed by atoms with Crippen molar-refractivity contribution in [3.05, 3.63) is 53.6 Å². The molecule has 0 aliphatic heterocycles. The summed E-state index contributed by atoms with van der Waals surface area (Å²) in [7, 11) is 3.05. The first-order valence-corrected chi connectivity index (χ1v) is 7.08. The molecule has 0 aliphatic carbocycles. The van der Waals surface area contributed by atoms with E-state index in [0.29, 0.717) is 28.4 Å². The first kappa shape index (κ1) is 16.9. The number of nitrogens with one attached hydrogen (secondary N) is 1. The minimum absolute atomic E-state index is 0.0505. The quantitative estimate of drug-likeness (QED) is 0.501. The fourth-order valence-corrected chi connectivity index (χ4v) is 2.06. The molecule has 0 atom stereocenters. The van der Waals surface area contributed by atoms with Crippen LogP contribution in [0.15, 0.2) is 48.0 Å². The van der Waals surface area contributed by atoms with Crippen LogP contribution in [0.4, 0.5) is 11.4 Å². The van der Waals surface area contributed by atoms with Gasteiger partial charge in [0, 0.05) is 0 Å². The summed E-state index contributed by atoms with van der Waals surface area (Å²) in [6.07, 6.45) is 1.47. The summed E-state index contributed by atoms with van der Waals surface area (Å²) in [5.74, 6) is 0.538. The van der Waals surface area contributed by atoms with Crippen molar-refractivity contribution >= 4 is 23.4 Å². The molecule has 0 heterocycles. The van der Waals surface area contributed by atoms with Gasteiger partial charge in [-0.3, -0.25) is 4.79 Å². The normalized spacial score (nSPS) is 10.6. The summed E-state index contributed by atoms with van der Waals surface area (Å²) in [4.78, 5) is 12.3. The molecule has 0 bridgehead atoms. The van der Waals surface area contributed by atoms with E-state index in [1.807, 2.05) is 6.07 Å². The summed E-state index contributed by atoms with van der Waals surface area (Å²) >= 11 is 0. The summed E-state index contributed by atoms with van der Waals surface area (Å²) in [6, 6.07) is 13.8. The molecule has 6 heteroatoms. The Hall–Kier alpha value is -3.46. The third-order valence-electron chi connectivity index (χ3n) is 3.29. The number of methoxy groups -OCH3 is 2. The van der Waals surface area contributed by atoms with Gasteiger partial charge >= 0.3 is 0 Å². The predicted molar refractivity (Wildman–Crippen MR) is 92.6 cm³/mol. The van der Waals surface area contributed by atoms with Crippen LogP contribution in [0.5, 0.6) is 11.5 Å². The Bertz CT molecular complexity index is 822. The largest absolute Gasteiger partial charge is 0.493 e. The van der Waals surface area contributed by atoms with Crippen LogP contribution in [0.1, 0.15) is 5.56 Å². The van der Waals surface area contributed by atoms with Crippen LogP contribution in [0.25, 0.3) is 6.08 Å². The lowest BCUT2D eigenvalue weighted by Gasteiger charge is -2.09. The number of rotatable bonds is 5. The zero-order chi connectivity index (χ0) is 17.5. The lowest BCUT2D eigenvalue weighted by atomic mass is 10.1. The van der Waals surface area contributed by atoms with Crippen LogP contribution in [0.3, 0.4) is 0 Å². The summed E-state index contributed by atoms with van der Waals surface area (Å²) < 4.78 is 10.4. The molecule has 2 aromatic rings. The SMILES string of the molecule is COc1ccc(/C=C(\C#N)C(=O)Nc2ccccc2N)cc1OC. The number of carbonyl (C=O) groups excluding carboxylic acids is 1. The summed E-state index contributed by atoms with van der Waals surface area (Å²) in [5, 5.41) is 11.9. The molecule has 0 saturated carbocycles. The van der Waals surface area contributed by atoms with E-state index in [2.05, 4.69) is 5.32 Å². The minimum Gasteiger partial charge on any atom is -0.493 e. The molecule has 0 saturated heterocycles. The second-order valence-electron chi connectivity index (χ2n) is 4.83. The van der Waals surface area contributed by atoms with E-state index in [0.717, 1.165) is 0 Å². The van der Waals surface area contributed by atoms with E-state index in [1.54, 1.807) is 42.5 Å². The minimum atomic E-state index is -0.537. The van der Waals surface area contributed by atoms with Gasteiger partial charge in [0.05, 0.1) is 25.6 Å². The molecule has 0 aliphatic rings. The van der Waals surface area contributed by atoms with Gasteiger partial charge in [-0.25, -0.2) is 0 Å². The number of nitriles is 1. The average molecular weight is 323 g/mol. The Balaban J connectivity index is 2.27. The zero-order valence-corrected chi connectivity index (χ0v) is 13.4. The number of hydrogen-bond donors (Lipinski definition) is 2. The highest BCUT2D eigenvalue weighted by Gasteiger charge is 2.12. The number of nitrogens with two attached hydrogens (primary N) is 1. The number of amides is 1. The Kier molecular flexibility index (Phi) is 5.42. The molecule has 0 radical (unpaired) electrons. The monoisotopic (exact) mass is 323 g/mol. The Labute approximate surface area is 140 Å². The number of benzene rings is 2. The molecule has 1 amide bonds. The maximum absolute atomic E-state index is 12.3. The van der Waals surface area contributed by atoms with Gasteiger partial charge in [0.1, 0.15) is 11.6 Å². The third kappa shape index (κ3) is 3.84. The molecule has 0 unspecified atom stereocenters. The van der Waals surface area contributed by atoms with Crippen LogP contribution in [-0.2, 0) is 4.79 Å². The Morgan fingerprint density at radius 2 is 1.88 bits per heavy atom. The van der Waals surface area contributed by atoms with Gasteiger partial charge in [-0.2, -0.15) is 5.26 Å². The highest BCUT2D eigenvalue weighted by molar-refractivity contribution is 6.10. The topological polar surface area (TPSA) is 97.4 Å². The molecule has 6 nitrogen and oxygen atoms in total. The molecule has 2 aromatic carbocycles. The standard InChI is InChI=1S/C18H17N3O3/c1-23-16-8-7-12(10-17(16)24-2)9-13(11-19)18(22)21-15-6-4-3-5-14(15)20/h3-10H,20H2,1-2H3,(H,21,22)/b13-9+. The van der Waals surface area contributed by atoms with Crippen molar-refractivity contribution in [2.24, 2.45) is 0 Å². The third-order valence-corrected chi connectivity index (χ3v) is 3.29. The zero-order valence-electron chi connectivity index (χ0n) is 13.4. The van der Waals surface area contributed by atoms with Gasteiger partial charge in [-0.05, 0) is 35.9 Å². The molecule has 24 heavy (non-hydrogen) atoms. The molecule has 0 spiro atoms. The van der Waals surface area contributed by atoms with Gasteiger partial charge in [-0.15, -0.1) is 0 Å². The van der Waals surface area contributed by atoms with Crippen molar-refractivity contribution in [3.8, 4) is 17.6 Å². The Morgan fingerprint density at radius 3 is 2.50 bits per heavy atom.